The maximum atomic E-state index is 10.8. The van der Waals surface area contributed by atoms with Crippen molar-refractivity contribution in [3.63, 3.8) is 0 Å². The van der Waals surface area contributed by atoms with Gasteiger partial charge in [0.2, 0.25) is 0 Å². The molecular weight excluding hydrogens is 154 g/mol. The normalized spacial score (nSPS) is 10.0. The summed E-state index contributed by atoms with van der Waals surface area (Å²) in [5.41, 5.74) is 5.63. The highest BCUT2D eigenvalue weighted by atomic mass is 16.2. The van der Waals surface area contributed by atoms with Gasteiger partial charge in [-0.1, -0.05) is 18.2 Å². The molecule has 0 atom stereocenters. The van der Waals surface area contributed by atoms with Gasteiger partial charge in [0.15, 0.2) is 0 Å². The largest absolute Gasteiger partial charge is 0.390 e. The molecule has 0 aliphatic rings. The Balaban J connectivity index is 2.59. The van der Waals surface area contributed by atoms with Crippen LogP contribution in [0.15, 0.2) is 35.3 Å². The molecule has 12 heavy (non-hydrogen) atoms. The summed E-state index contributed by atoms with van der Waals surface area (Å²) in [6, 6.07) is 8.57. The summed E-state index contributed by atoms with van der Waals surface area (Å²) in [4.78, 5) is 14.1. The molecular formula is C8H9N3O. The zero-order valence-corrected chi connectivity index (χ0v) is 6.40. The van der Waals surface area contributed by atoms with E-state index >= 15 is 0 Å². The van der Waals surface area contributed by atoms with Gasteiger partial charge in [0.05, 0.1) is 6.34 Å². The Labute approximate surface area is 70.1 Å². The van der Waals surface area contributed by atoms with E-state index in [4.69, 9.17) is 5.73 Å². The first-order chi connectivity index (χ1) is 5.83. The summed E-state index contributed by atoms with van der Waals surface area (Å²) in [6.07, 6.45) is 0.957. The summed E-state index contributed by atoms with van der Waals surface area (Å²) in [7, 11) is 0. The zero-order chi connectivity index (χ0) is 8.81. The van der Waals surface area contributed by atoms with Gasteiger partial charge in [-0.15, -0.1) is 0 Å². The summed E-state index contributed by atoms with van der Waals surface area (Å²) in [5, 5.41) is 2.53. The van der Waals surface area contributed by atoms with Crippen LogP contribution in [0.1, 0.15) is 0 Å². The minimum atomic E-state index is -0.469. The molecule has 2 amide bonds. The second kappa shape index (κ2) is 4.12. The van der Waals surface area contributed by atoms with Crippen molar-refractivity contribution in [3.8, 4) is 0 Å². The lowest BCUT2D eigenvalue weighted by molar-refractivity contribution is 0.259. The molecule has 3 N–H and O–H groups in total. The number of carbonyl (C=O) groups excluding carboxylic acids is 1. The number of benzene rings is 1. The van der Waals surface area contributed by atoms with Crippen molar-refractivity contribution in [1.29, 1.82) is 0 Å². The van der Waals surface area contributed by atoms with Crippen molar-refractivity contribution in [2.75, 3.05) is 5.32 Å². The van der Waals surface area contributed by atoms with E-state index in [1.54, 1.807) is 12.1 Å². The van der Waals surface area contributed by atoms with Crippen LogP contribution in [0.3, 0.4) is 0 Å². The Morgan fingerprint density at radius 1 is 1.42 bits per heavy atom. The number of urea groups is 1. The summed E-state index contributed by atoms with van der Waals surface area (Å²) in [5.74, 6) is 0. The predicted octanol–water partition coefficient (Wildman–Crippen LogP) is 1.21. The third-order valence-electron chi connectivity index (χ3n) is 1.22. The van der Waals surface area contributed by atoms with Crippen LogP contribution in [0.5, 0.6) is 0 Å². The molecule has 1 aromatic carbocycles. The molecule has 0 saturated heterocycles. The van der Waals surface area contributed by atoms with Gasteiger partial charge in [-0.05, 0) is 12.1 Å². The Bertz CT molecular complexity index is 282. The molecule has 4 heteroatoms. The molecule has 0 fully saturated rings. The Morgan fingerprint density at radius 3 is 2.67 bits per heavy atom. The Morgan fingerprint density at radius 2 is 2.08 bits per heavy atom. The highest BCUT2D eigenvalue weighted by Crippen LogP contribution is 2.04. The minimum absolute atomic E-state index is 0.469. The molecule has 0 aliphatic carbocycles. The monoisotopic (exact) mass is 163 g/mol. The predicted molar refractivity (Wildman–Crippen MR) is 48.1 cm³/mol. The Kier molecular flexibility index (Phi) is 2.84. The fourth-order valence-corrected chi connectivity index (χ4v) is 0.745. The summed E-state index contributed by atoms with van der Waals surface area (Å²) >= 11 is 0. The van der Waals surface area contributed by atoms with Crippen LogP contribution in [-0.4, -0.2) is 12.4 Å². The lowest BCUT2D eigenvalue weighted by atomic mass is 10.3. The zero-order valence-electron chi connectivity index (χ0n) is 6.40. The molecule has 0 radical (unpaired) electrons. The molecule has 0 aliphatic heterocycles. The number of anilines is 1. The molecule has 0 aromatic heterocycles. The molecule has 0 saturated carbocycles. The number of nitrogens with zero attached hydrogens (tertiary/aromatic N) is 1. The van der Waals surface area contributed by atoms with Gasteiger partial charge in [0, 0.05) is 5.69 Å². The van der Waals surface area contributed by atoms with Gasteiger partial charge in [0.1, 0.15) is 0 Å². The number of carbonyl (C=O) groups is 1. The quantitative estimate of drug-likeness (QED) is 0.482. The van der Waals surface area contributed by atoms with Gasteiger partial charge < -0.3 is 11.1 Å². The molecule has 62 valence electrons. The van der Waals surface area contributed by atoms with Crippen LogP contribution >= 0.6 is 0 Å². The number of nitrogens with two attached hydrogens (primary N) is 1. The minimum Gasteiger partial charge on any atom is -0.390 e. The van der Waals surface area contributed by atoms with E-state index in [9.17, 15) is 4.79 Å². The summed E-state index contributed by atoms with van der Waals surface area (Å²) < 4.78 is 0. The van der Waals surface area contributed by atoms with Gasteiger partial charge in [-0.25, -0.2) is 4.79 Å². The van der Waals surface area contributed by atoms with Crippen molar-refractivity contribution in [2.24, 2.45) is 10.7 Å². The maximum absolute atomic E-state index is 10.8. The van der Waals surface area contributed by atoms with E-state index in [1.807, 2.05) is 18.2 Å². The smallest absolute Gasteiger partial charge is 0.346 e. The van der Waals surface area contributed by atoms with Gasteiger partial charge >= 0.3 is 6.03 Å². The molecule has 1 rings (SSSR count). The van der Waals surface area contributed by atoms with Crippen molar-refractivity contribution in [3.05, 3.63) is 30.3 Å². The van der Waals surface area contributed by atoms with Crippen molar-refractivity contribution >= 4 is 18.1 Å². The van der Waals surface area contributed by atoms with Gasteiger partial charge in [-0.2, -0.15) is 4.99 Å². The lowest BCUT2D eigenvalue weighted by Gasteiger charge is -1.98. The SMILES string of the molecule is NC=NC(=O)Nc1ccccc1. The standard InChI is InChI=1S/C8H9N3O/c9-6-10-8(12)11-7-4-2-1-3-5-7/h1-6H,(H3,9,10,11,12). The van der Waals surface area contributed by atoms with Crippen LogP contribution in [0.4, 0.5) is 10.5 Å². The van der Waals surface area contributed by atoms with Crippen LogP contribution in [0.25, 0.3) is 0 Å². The fourth-order valence-electron chi connectivity index (χ4n) is 0.745. The van der Waals surface area contributed by atoms with Crippen LogP contribution in [0.2, 0.25) is 0 Å². The number of nitrogens with one attached hydrogen (secondary N) is 1. The Hall–Kier alpha value is -1.84. The fraction of sp³-hybridized carbons (Fsp3) is 0. The first-order valence-corrected chi connectivity index (χ1v) is 3.43. The number of aliphatic imine (C=N–C) groups is 1. The third-order valence-corrected chi connectivity index (χ3v) is 1.22. The second-order valence-electron chi connectivity index (χ2n) is 2.07. The van der Waals surface area contributed by atoms with Crippen LogP contribution < -0.4 is 11.1 Å². The molecule has 4 nitrogen and oxygen atoms in total. The van der Waals surface area contributed by atoms with Crippen LogP contribution in [-0.2, 0) is 0 Å². The third kappa shape index (κ3) is 2.42. The van der Waals surface area contributed by atoms with E-state index in [0.717, 1.165) is 6.34 Å². The number of rotatable bonds is 1. The molecule has 0 unspecified atom stereocenters. The first kappa shape index (κ1) is 8.26. The second-order valence-corrected chi connectivity index (χ2v) is 2.07. The van der Waals surface area contributed by atoms with Gasteiger partial charge in [-0.3, -0.25) is 0 Å². The highest BCUT2D eigenvalue weighted by molar-refractivity contribution is 5.93. The number of amides is 2. The van der Waals surface area contributed by atoms with Gasteiger partial charge in [0.25, 0.3) is 0 Å². The number of hydrogen-bond acceptors (Lipinski definition) is 1. The van der Waals surface area contributed by atoms with Crippen molar-refractivity contribution in [2.45, 2.75) is 0 Å². The van der Waals surface area contributed by atoms with Crippen molar-refractivity contribution < 1.29 is 4.79 Å². The molecule has 1 aromatic rings. The average Bonchev–Trinajstić information content (AvgIpc) is 2.06. The van der Waals surface area contributed by atoms with E-state index in [2.05, 4.69) is 10.3 Å². The molecule has 0 heterocycles. The number of hydrogen-bond donors (Lipinski definition) is 2. The number of para-hydroxylation sites is 1. The maximum Gasteiger partial charge on any atom is 0.346 e. The average molecular weight is 163 g/mol. The summed E-state index contributed by atoms with van der Waals surface area (Å²) in [6.45, 7) is 0. The topological polar surface area (TPSA) is 67.5 Å². The van der Waals surface area contributed by atoms with E-state index < -0.39 is 6.03 Å². The highest BCUT2D eigenvalue weighted by Gasteiger charge is 1.95. The molecule has 0 spiro atoms. The van der Waals surface area contributed by atoms with E-state index in [-0.39, 0.29) is 0 Å². The van der Waals surface area contributed by atoms with E-state index in [0.29, 0.717) is 5.69 Å². The molecule has 0 bridgehead atoms. The first-order valence-electron chi connectivity index (χ1n) is 3.43. The van der Waals surface area contributed by atoms with Crippen molar-refractivity contribution in [1.82, 2.24) is 0 Å². The van der Waals surface area contributed by atoms with E-state index in [1.165, 1.54) is 0 Å². The lowest BCUT2D eigenvalue weighted by Crippen LogP contribution is -2.07. The van der Waals surface area contributed by atoms with Crippen LogP contribution in [0, 0.1) is 0 Å².